The van der Waals surface area contributed by atoms with Gasteiger partial charge in [0.2, 0.25) is 0 Å². The molecule has 1 atom stereocenters. The monoisotopic (exact) mass is 198 g/mol. The third-order valence-corrected chi connectivity index (χ3v) is 1.95. The fourth-order valence-corrected chi connectivity index (χ4v) is 1.34. The molecule has 0 bridgehead atoms. The van der Waals surface area contributed by atoms with Gasteiger partial charge in [-0.1, -0.05) is 27.7 Å². The van der Waals surface area contributed by atoms with Crippen molar-refractivity contribution in [2.45, 2.75) is 46.8 Å². The molecule has 2 heterocycles. The average Bonchev–Trinajstić information content (AvgIpc) is 2.83. The summed E-state index contributed by atoms with van der Waals surface area (Å²) in [5.74, 6) is 1.15. The van der Waals surface area contributed by atoms with Crippen LogP contribution in [0.1, 0.15) is 33.5 Å². The Morgan fingerprint density at radius 3 is 2.50 bits per heavy atom. The summed E-state index contributed by atoms with van der Waals surface area (Å²) >= 11 is 0. The van der Waals surface area contributed by atoms with Crippen molar-refractivity contribution in [3.8, 4) is 0 Å². The summed E-state index contributed by atoms with van der Waals surface area (Å²) in [6, 6.07) is 0. The molecule has 3 heteroatoms. The zero-order valence-electron chi connectivity index (χ0n) is 9.95. The van der Waals surface area contributed by atoms with Gasteiger partial charge in [0.1, 0.15) is 5.82 Å². The van der Waals surface area contributed by atoms with Gasteiger partial charge in [-0.3, -0.25) is 0 Å². The first-order valence-electron chi connectivity index (χ1n) is 5.43. The van der Waals surface area contributed by atoms with Crippen LogP contribution >= 0.6 is 0 Å². The minimum Gasteiger partial charge on any atom is -0.379 e. The summed E-state index contributed by atoms with van der Waals surface area (Å²) in [5.41, 5.74) is 0. The molecule has 0 amide bonds. The molecule has 14 heavy (non-hydrogen) atoms. The molecule has 3 nitrogen and oxygen atoms in total. The number of fused-ring (bicyclic) bond motifs is 1. The normalized spacial score (nSPS) is 17.4. The van der Waals surface area contributed by atoms with E-state index < -0.39 is 0 Å². The number of hydrogen-bond donors (Lipinski definition) is 0. The first-order chi connectivity index (χ1) is 6.90. The van der Waals surface area contributed by atoms with Gasteiger partial charge in [0, 0.05) is 25.9 Å². The SMILES string of the molecule is CC.CC.CO[C@@H]1Cc2nccn2C1. The third kappa shape index (κ3) is 3.14. The number of methoxy groups -OCH3 is 1. The topological polar surface area (TPSA) is 27.1 Å². The number of nitrogens with zero attached hydrogens (tertiary/aromatic N) is 2. The van der Waals surface area contributed by atoms with E-state index in [1.54, 1.807) is 7.11 Å². The van der Waals surface area contributed by atoms with Crippen molar-refractivity contribution < 1.29 is 4.74 Å². The van der Waals surface area contributed by atoms with Gasteiger partial charge >= 0.3 is 0 Å². The average molecular weight is 198 g/mol. The first kappa shape index (κ1) is 13.2. The number of ether oxygens (including phenoxy) is 1. The van der Waals surface area contributed by atoms with Gasteiger partial charge in [0.15, 0.2) is 0 Å². The van der Waals surface area contributed by atoms with Crippen LogP contribution in [0.2, 0.25) is 0 Å². The maximum Gasteiger partial charge on any atom is 0.111 e. The van der Waals surface area contributed by atoms with Crippen molar-refractivity contribution in [3.63, 3.8) is 0 Å². The van der Waals surface area contributed by atoms with Gasteiger partial charge in [-0.15, -0.1) is 0 Å². The standard InChI is InChI=1S/C7H10N2O.2C2H6/c1-10-6-4-7-8-2-3-9(7)5-6;2*1-2/h2-3,6H,4-5H2,1H3;2*1-2H3/t6-;;/m1../s1. The molecule has 0 aromatic carbocycles. The van der Waals surface area contributed by atoms with Crippen molar-refractivity contribution in [3.05, 3.63) is 18.2 Å². The third-order valence-electron chi connectivity index (χ3n) is 1.95. The van der Waals surface area contributed by atoms with E-state index in [-0.39, 0.29) is 0 Å². The lowest BCUT2D eigenvalue weighted by Gasteiger charge is -2.03. The van der Waals surface area contributed by atoms with Crippen LogP contribution in [0.15, 0.2) is 12.4 Å². The van der Waals surface area contributed by atoms with Gasteiger partial charge in [0.05, 0.1) is 12.6 Å². The molecule has 0 unspecified atom stereocenters. The molecular weight excluding hydrogens is 176 g/mol. The Hall–Kier alpha value is -0.830. The lowest BCUT2D eigenvalue weighted by molar-refractivity contribution is 0.103. The van der Waals surface area contributed by atoms with E-state index in [4.69, 9.17) is 4.74 Å². The molecule has 1 aliphatic rings. The van der Waals surface area contributed by atoms with E-state index in [1.807, 2.05) is 40.1 Å². The number of imidazole rings is 1. The minimum atomic E-state index is 0.351. The zero-order chi connectivity index (χ0) is 11.0. The summed E-state index contributed by atoms with van der Waals surface area (Å²) in [5, 5.41) is 0. The maximum absolute atomic E-state index is 5.19. The van der Waals surface area contributed by atoms with Crippen LogP contribution in [0.4, 0.5) is 0 Å². The highest BCUT2D eigenvalue weighted by atomic mass is 16.5. The van der Waals surface area contributed by atoms with Crippen LogP contribution in [-0.2, 0) is 17.7 Å². The number of rotatable bonds is 1. The second kappa shape index (κ2) is 7.56. The Bertz CT molecular complexity index is 212. The fourth-order valence-electron chi connectivity index (χ4n) is 1.34. The van der Waals surface area contributed by atoms with E-state index >= 15 is 0 Å². The van der Waals surface area contributed by atoms with Crippen LogP contribution in [0.3, 0.4) is 0 Å². The molecule has 0 radical (unpaired) electrons. The van der Waals surface area contributed by atoms with Crippen molar-refractivity contribution in [1.29, 1.82) is 0 Å². The largest absolute Gasteiger partial charge is 0.379 e. The molecular formula is C11H22N2O. The Morgan fingerprint density at radius 2 is 2.00 bits per heavy atom. The van der Waals surface area contributed by atoms with Crippen LogP contribution in [0, 0.1) is 0 Å². The summed E-state index contributed by atoms with van der Waals surface area (Å²) in [7, 11) is 1.75. The van der Waals surface area contributed by atoms with E-state index in [0.717, 1.165) is 18.8 Å². The molecule has 0 aliphatic carbocycles. The molecule has 82 valence electrons. The summed E-state index contributed by atoms with van der Waals surface area (Å²) in [4.78, 5) is 4.18. The summed E-state index contributed by atoms with van der Waals surface area (Å²) in [6.45, 7) is 8.96. The summed E-state index contributed by atoms with van der Waals surface area (Å²) < 4.78 is 7.32. The Balaban J connectivity index is 0.000000379. The number of hydrogen-bond acceptors (Lipinski definition) is 2. The van der Waals surface area contributed by atoms with Crippen LogP contribution in [-0.4, -0.2) is 22.8 Å². The van der Waals surface area contributed by atoms with E-state index in [2.05, 4.69) is 9.55 Å². The molecule has 1 aromatic rings. The minimum absolute atomic E-state index is 0.351. The fraction of sp³-hybridized carbons (Fsp3) is 0.727. The maximum atomic E-state index is 5.19. The van der Waals surface area contributed by atoms with Crippen LogP contribution < -0.4 is 0 Å². The van der Waals surface area contributed by atoms with Crippen molar-refractivity contribution >= 4 is 0 Å². The second-order valence-electron chi connectivity index (χ2n) is 2.56. The highest BCUT2D eigenvalue weighted by Gasteiger charge is 2.20. The van der Waals surface area contributed by atoms with Gasteiger partial charge in [-0.25, -0.2) is 4.98 Å². The van der Waals surface area contributed by atoms with Crippen LogP contribution in [0.5, 0.6) is 0 Å². The van der Waals surface area contributed by atoms with Gasteiger partial charge in [-0.2, -0.15) is 0 Å². The molecule has 0 fully saturated rings. The Labute approximate surface area is 87.1 Å². The highest BCUT2D eigenvalue weighted by molar-refractivity contribution is 5.00. The number of aromatic nitrogens is 2. The second-order valence-corrected chi connectivity index (χ2v) is 2.56. The molecule has 0 saturated carbocycles. The van der Waals surface area contributed by atoms with E-state index in [9.17, 15) is 0 Å². The predicted octanol–water partition coefficient (Wildman–Crippen LogP) is 2.51. The smallest absolute Gasteiger partial charge is 0.111 e. The molecule has 0 N–H and O–H groups in total. The highest BCUT2D eigenvalue weighted by Crippen LogP contribution is 2.14. The predicted molar refractivity (Wildman–Crippen MR) is 59.4 cm³/mol. The zero-order valence-corrected chi connectivity index (χ0v) is 9.95. The molecule has 1 aliphatic heterocycles. The van der Waals surface area contributed by atoms with Crippen molar-refractivity contribution in [2.75, 3.05) is 7.11 Å². The van der Waals surface area contributed by atoms with Gasteiger partial charge in [-0.05, 0) is 0 Å². The van der Waals surface area contributed by atoms with Crippen LogP contribution in [0.25, 0.3) is 0 Å². The summed E-state index contributed by atoms with van der Waals surface area (Å²) in [6.07, 6.45) is 5.14. The van der Waals surface area contributed by atoms with Crippen molar-refractivity contribution in [2.24, 2.45) is 0 Å². The lowest BCUT2D eigenvalue weighted by atomic mass is 10.3. The van der Waals surface area contributed by atoms with Gasteiger partial charge < -0.3 is 9.30 Å². The van der Waals surface area contributed by atoms with Crippen molar-refractivity contribution in [1.82, 2.24) is 9.55 Å². The first-order valence-corrected chi connectivity index (χ1v) is 5.43. The quantitative estimate of drug-likeness (QED) is 0.693. The molecule has 1 aromatic heterocycles. The molecule has 0 spiro atoms. The van der Waals surface area contributed by atoms with E-state index in [0.29, 0.717) is 6.10 Å². The van der Waals surface area contributed by atoms with E-state index in [1.165, 1.54) is 0 Å². The lowest BCUT2D eigenvalue weighted by Crippen LogP contribution is -2.10. The Kier molecular flexibility index (Phi) is 7.11. The molecule has 2 rings (SSSR count). The molecule has 0 saturated heterocycles. The van der Waals surface area contributed by atoms with Gasteiger partial charge in [0.25, 0.3) is 0 Å². The Morgan fingerprint density at radius 1 is 1.36 bits per heavy atom.